The molecular formula is C27H34FN3O6. The maximum absolute atomic E-state index is 13.9. The lowest BCUT2D eigenvalue weighted by Gasteiger charge is -2.37. The summed E-state index contributed by atoms with van der Waals surface area (Å²) in [6, 6.07) is 10.8. The van der Waals surface area contributed by atoms with Gasteiger partial charge in [-0.2, -0.15) is 0 Å². The van der Waals surface area contributed by atoms with E-state index >= 15 is 0 Å². The number of amides is 2. The van der Waals surface area contributed by atoms with Crippen LogP contribution in [0.2, 0.25) is 0 Å². The standard InChI is InChI=1S/C27H34FN3O6/c1-34-23-15-21(16-24(17-23)35-2)27(33)31-10-13-37-25(19-31)18-30(7-6-29-8-11-36-12-9-29)26(32)20-4-3-5-22(28)14-20/h3-5,14-17,25H,6-13,18-19H2,1-2H3. The summed E-state index contributed by atoms with van der Waals surface area (Å²) in [5.74, 6) is 0.169. The summed E-state index contributed by atoms with van der Waals surface area (Å²) in [6.45, 7) is 5.44. The van der Waals surface area contributed by atoms with Crippen molar-refractivity contribution in [3.63, 3.8) is 0 Å². The highest BCUT2D eigenvalue weighted by molar-refractivity contribution is 5.95. The zero-order valence-corrected chi connectivity index (χ0v) is 21.4. The second-order valence-electron chi connectivity index (χ2n) is 9.06. The number of morpholine rings is 2. The van der Waals surface area contributed by atoms with Crippen LogP contribution in [0.4, 0.5) is 4.39 Å². The molecule has 200 valence electrons. The summed E-state index contributed by atoms with van der Waals surface area (Å²) in [5.41, 5.74) is 0.742. The van der Waals surface area contributed by atoms with Gasteiger partial charge in [0.1, 0.15) is 17.3 Å². The molecule has 2 aromatic rings. The van der Waals surface area contributed by atoms with E-state index in [9.17, 15) is 14.0 Å². The van der Waals surface area contributed by atoms with Gasteiger partial charge in [-0.15, -0.1) is 0 Å². The van der Waals surface area contributed by atoms with Gasteiger partial charge in [0.15, 0.2) is 0 Å². The molecule has 2 aliphatic heterocycles. The Morgan fingerprint density at radius 1 is 1.00 bits per heavy atom. The van der Waals surface area contributed by atoms with E-state index in [2.05, 4.69) is 4.90 Å². The van der Waals surface area contributed by atoms with Gasteiger partial charge in [0.05, 0.1) is 40.1 Å². The van der Waals surface area contributed by atoms with Crippen molar-refractivity contribution in [2.24, 2.45) is 0 Å². The van der Waals surface area contributed by atoms with Crippen molar-refractivity contribution in [2.45, 2.75) is 6.10 Å². The molecule has 0 bridgehead atoms. The minimum absolute atomic E-state index is 0.165. The van der Waals surface area contributed by atoms with Crippen molar-refractivity contribution in [2.75, 3.05) is 79.9 Å². The van der Waals surface area contributed by atoms with E-state index in [0.717, 1.165) is 13.1 Å². The van der Waals surface area contributed by atoms with Crippen LogP contribution in [0.3, 0.4) is 0 Å². The van der Waals surface area contributed by atoms with Crippen LogP contribution in [0.1, 0.15) is 20.7 Å². The summed E-state index contributed by atoms with van der Waals surface area (Å²) in [4.78, 5) is 32.3. The molecule has 2 aliphatic rings. The van der Waals surface area contributed by atoms with Crippen molar-refractivity contribution in [3.05, 3.63) is 59.4 Å². The van der Waals surface area contributed by atoms with Crippen molar-refractivity contribution in [3.8, 4) is 11.5 Å². The first kappa shape index (κ1) is 26.8. The maximum Gasteiger partial charge on any atom is 0.254 e. The van der Waals surface area contributed by atoms with Crippen molar-refractivity contribution < 1.29 is 32.9 Å². The molecule has 37 heavy (non-hydrogen) atoms. The second-order valence-corrected chi connectivity index (χ2v) is 9.06. The third-order valence-electron chi connectivity index (χ3n) is 6.60. The zero-order chi connectivity index (χ0) is 26.2. The molecule has 0 aromatic heterocycles. The van der Waals surface area contributed by atoms with E-state index < -0.39 is 5.82 Å². The molecule has 1 atom stereocenters. The summed E-state index contributed by atoms with van der Waals surface area (Å²) < 4.78 is 35.9. The smallest absolute Gasteiger partial charge is 0.254 e. The maximum atomic E-state index is 13.9. The van der Waals surface area contributed by atoms with Crippen LogP contribution >= 0.6 is 0 Å². The van der Waals surface area contributed by atoms with Gasteiger partial charge in [-0.1, -0.05) is 6.07 Å². The second kappa shape index (κ2) is 12.8. The molecule has 0 spiro atoms. The lowest BCUT2D eigenvalue weighted by molar-refractivity contribution is -0.0347. The summed E-state index contributed by atoms with van der Waals surface area (Å²) in [7, 11) is 3.07. The lowest BCUT2D eigenvalue weighted by atomic mass is 10.1. The van der Waals surface area contributed by atoms with Crippen LogP contribution in [0, 0.1) is 5.82 Å². The molecule has 0 N–H and O–H groups in total. The van der Waals surface area contributed by atoms with E-state index in [0.29, 0.717) is 63.1 Å². The number of nitrogens with zero attached hydrogens (tertiary/aromatic N) is 3. The zero-order valence-electron chi connectivity index (χ0n) is 21.4. The van der Waals surface area contributed by atoms with E-state index in [1.54, 1.807) is 34.1 Å². The summed E-state index contributed by atoms with van der Waals surface area (Å²) >= 11 is 0. The van der Waals surface area contributed by atoms with Crippen molar-refractivity contribution in [1.82, 2.24) is 14.7 Å². The van der Waals surface area contributed by atoms with Gasteiger partial charge in [0, 0.05) is 63.0 Å². The fraction of sp³-hybridized carbons (Fsp3) is 0.481. The van der Waals surface area contributed by atoms with Gasteiger partial charge in [0.25, 0.3) is 11.8 Å². The molecule has 10 heteroatoms. The van der Waals surface area contributed by atoms with Crippen molar-refractivity contribution in [1.29, 1.82) is 0 Å². The first-order chi connectivity index (χ1) is 18.0. The number of benzene rings is 2. The van der Waals surface area contributed by atoms with Crippen LogP contribution < -0.4 is 9.47 Å². The SMILES string of the molecule is COc1cc(OC)cc(C(=O)N2CCOC(CN(CCN3CCOCC3)C(=O)c3cccc(F)c3)C2)c1. The Morgan fingerprint density at radius 3 is 2.41 bits per heavy atom. The molecule has 0 aliphatic carbocycles. The Hall–Kier alpha value is -3.21. The molecule has 2 fully saturated rings. The summed E-state index contributed by atoms with van der Waals surface area (Å²) in [5, 5.41) is 0. The van der Waals surface area contributed by atoms with Gasteiger partial charge in [0.2, 0.25) is 0 Å². The van der Waals surface area contributed by atoms with E-state index in [-0.39, 0.29) is 30.0 Å². The minimum atomic E-state index is -0.460. The molecule has 0 radical (unpaired) electrons. The number of hydrogen-bond donors (Lipinski definition) is 0. The lowest BCUT2D eigenvalue weighted by Crippen LogP contribution is -2.52. The molecular weight excluding hydrogens is 481 g/mol. The molecule has 4 rings (SSSR count). The Bertz CT molecular complexity index is 1060. The molecule has 1 unspecified atom stereocenters. The highest BCUT2D eigenvalue weighted by Crippen LogP contribution is 2.24. The molecule has 2 heterocycles. The largest absolute Gasteiger partial charge is 0.497 e. The van der Waals surface area contributed by atoms with E-state index in [1.165, 1.54) is 32.4 Å². The molecule has 2 aromatic carbocycles. The molecule has 2 saturated heterocycles. The van der Waals surface area contributed by atoms with Gasteiger partial charge in [-0.3, -0.25) is 14.5 Å². The third kappa shape index (κ3) is 7.18. The predicted molar refractivity (Wildman–Crippen MR) is 135 cm³/mol. The van der Waals surface area contributed by atoms with Gasteiger partial charge in [-0.25, -0.2) is 4.39 Å². The number of halogens is 1. The highest BCUT2D eigenvalue weighted by Gasteiger charge is 2.29. The van der Waals surface area contributed by atoms with E-state index in [1.807, 2.05) is 0 Å². The molecule has 2 amide bonds. The monoisotopic (exact) mass is 515 g/mol. The Balaban J connectivity index is 1.46. The predicted octanol–water partition coefficient (Wildman–Crippen LogP) is 2.16. The first-order valence-electron chi connectivity index (χ1n) is 12.5. The van der Waals surface area contributed by atoms with Gasteiger partial charge < -0.3 is 28.7 Å². The van der Waals surface area contributed by atoms with Gasteiger partial charge in [-0.05, 0) is 30.3 Å². The number of carbonyl (C=O) groups excluding carboxylic acids is 2. The Labute approximate surface area is 216 Å². The first-order valence-corrected chi connectivity index (χ1v) is 12.5. The number of ether oxygens (including phenoxy) is 4. The average Bonchev–Trinajstić information content (AvgIpc) is 2.94. The molecule has 0 saturated carbocycles. The Kier molecular flexibility index (Phi) is 9.32. The van der Waals surface area contributed by atoms with Crippen LogP contribution in [-0.4, -0.2) is 112 Å². The Morgan fingerprint density at radius 2 is 1.73 bits per heavy atom. The van der Waals surface area contributed by atoms with Crippen LogP contribution in [0.25, 0.3) is 0 Å². The van der Waals surface area contributed by atoms with Crippen LogP contribution in [0.15, 0.2) is 42.5 Å². The van der Waals surface area contributed by atoms with Gasteiger partial charge >= 0.3 is 0 Å². The summed E-state index contributed by atoms with van der Waals surface area (Å²) in [6.07, 6.45) is -0.382. The average molecular weight is 516 g/mol. The topological polar surface area (TPSA) is 80.8 Å². The quantitative estimate of drug-likeness (QED) is 0.506. The fourth-order valence-electron chi connectivity index (χ4n) is 4.54. The number of carbonyl (C=O) groups is 2. The van der Waals surface area contributed by atoms with Crippen molar-refractivity contribution >= 4 is 11.8 Å². The fourth-order valence-corrected chi connectivity index (χ4v) is 4.54. The van der Waals surface area contributed by atoms with Crippen LogP contribution in [0.5, 0.6) is 11.5 Å². The molecule has 9 nitrogen and oxygen atoms in total. The highest BCUT2D eigenvalue weighted by atomic mass is 19.1. The number of rotatable bonds is 9. The van der Waals surface area contributed by atoms with E-state index in [4.69, 9.17) is 18.9 Å². The number of methoxy groups -OCH3 is 2. The van der Waals surface area contributed by atoms with Crippen LogP contribution in [-0.2, 0) is 9.47 Å². The minimum Gasteiger partial charge on any atom is -0.497 e. The normalized spacial score (nSPS) is 18.4. The number of hydrogen-bond acceptors (Lipinski definition) is 7. The third-order valence-corrected chi connectivity index (χ3v) is 6.60.